The zero-order chi connectivity index (χ0) is 20.2. The molecule has 1 aliphatic carbocycles. The Bertz CT molecular complexity index is 898. The molecule has 0 spiro atoms. The Kier molecular flexibility index (Phi) is 5.90. The zero-order valence-electron chi connectivity index (χ0n) is 15.9. The summed E-state index contributed by atoms with van der Waals surface area (Å²) in [4.78, 5) is 25.3. The van der Waals surface area contributed by atoms with Gasteiger partial charge < -0.3 is 19.5 Å². The first kappa shape index (κ1) is 19.6. The van der Waals surface area contributed by atoms with Crippen LogP contribution in [0.15, 0.2) is 42.5 Å². The van der Waals surface area contributed by atoms with Gasteiger partial charge in [-0.1, -0.05) is 41.9 Å². The van der Waals surface area contributed by atoms with E-state index >= 15 is 0 Å². The number of hydrogen-bond donors (Lipinski definition) is 1. The first-order valence-corrected chi connectivity index (χ1v) is 10.1. The number of fused-ring (bicyclic) bond motifs is 1. The summed E-state index contributed by atoms with van der Waals surface area (Å²) in [5.41, 5.74) is 1.27. The van der Waals surface area contributed by atoms with E-state index in [0.29, 0.717) is 40.9 Å². The molecule has 2 aromatic carbocycles. The van der Waals surface area contributed by atoms with Gasteiger partial charge in [0, 0.05) is 18.0 Å². The van der Waals surface area contributed by atoms with Gasteiger partial charge in [-0.25, -0.2) is 0 Å². The average Bonchev–Trinajstić information content (AvgIpc) is 3.53. The summed E-state index contributed by atoms with van der Waals surface area (Å²) in [5, 5.41) is 3.29. The summed E-state index contributed by atoms with van der Waals surface area (Å²) in [7, 11) is 0. The molecule has 0 bridgehead atoms. The lowest BCUT2D eigenvalue weighted by molar-refractivity contribution is -0.156. The molecule has 2 aromatic rings. The fourth-order valence-electron chi connectivity index (χ4n) is 3.13. The van der Waals surface area contributed by atoms with Crippen molar-refractivity contribution in [2.24, 2.45) is 0 Å². The Hall–Kier alpha value is -2.73. The molecule has 4 rings (SSSR count). The van der Waals surface area contributed by atoms with Crippen molar-refractivity contribution in [1.29, 1.82) is 0 Å². The Balaban J connectivity index is 1.48. The van der Waals surface area contributed by atoms with E-state index in [9.17, 15) is 9.59 Å². The molecule has 1 saturated carbocycles. The Labute approximate surface area is 174 Å². The molecule has 1 N–H and O–H groups in total. The molecule has 29 heavy (non-hydrogen) atoms. The van der Waals surface area contributed by atoms with Crippen LogP contribution in [0.2, 0.25) is 5.02 Å². The molecule has 1 aliphatic heterocycles. The number of halogens is 1. The lowest BCUT2D eigenvalue weighted by Gasteiger charge is -2.18. The predicted molar refractivity (Wildman–Crippen MR) is 107 cm³/mol. The van der Waals surface area contributed by atoms with Gasteiger partial charge in [-0.05, 0) is 30.5 Å². The normalized spacial score (nSPS) is 16.4. The van der Waals surface area contributed by atoms with Crippen LogP contribution >= 0.6 is 11.6 Å². The molecule has 152 valence electrons. The smallest absolute Gasteiger partial charge is 0.311 e. The maximum absolute atomic E-state index is 12.6. The highest BCUT2D eigenvalue weighted by Gasteiger charge is 2.31. The highest BCUT2D eigenvalue weighted by Crippen LogP contribution is 2.38. The largest absolute Gasteiger partial charge is 0.489 e. The van der Waals surface area contributed by atoms with Crippen LogP contribution in [0.1, 0.15) is 36.5 Å². The van der Waals surface area contributed by atoms with Crippen molar-refractivity contribution in [2.75, 3.05) is 13.2 Å². The van der Waals surface area contributed by atoms with Gasteiger partial charge in [0.05, 0.1) is 24.7 Å². The van der Waals surface area contributed by atoms with Crippen molar-refractivity contribution < 1.29 is 23.8 Å². The zero-order valence-corrected chi connectivity index (χ0v) is 16.6. The van der Waals surface area contributed by atoms with Gasteiger partial charge in [-0.2, -0.15) is 0 Å². The number of nitrogens with one attached hydrogen (secondary N) is 1. The molecule has 1 fully saturated rings. The lowest BCUT2D eigenvalue weighted by Crippen LogP contribution is -2.33. The minimum Gasteiger partial charge on any atom is -0.489 e. The molecule has 0 unspecified atom stereocenters. The Morgan fingerprint density at radius 1 is 1.14 bits per heavy atom. The van der Waals surface area contributed by atoms with Crippen molar-refractivity contribution >= 4 is 23.5 Å². The first-order valence-electron chi connectivity index (χ1n) is 9.73. The van der Waals surface area contributed by atoms with E-state index in [-0.39, 0.29) is 18.4 Å². The minimum atomic E-state index is -0.986. The third-order valence-electron chi connectivity index (χ3n) is 4.72. The van der Waals surface area contributed by atoms with E-state index in [1.165, 1.54) is 0 Å². The topological polar surface area (TPSA) is 73.9 Å². The molecule has 1 atom stereocenters. The van der Waals surface area contributed by atoms with Crippen molar-refractivity contribution in [1.82, 2.24) is 5.32 Å². The quantitative estimate of drug-likeness (QED) is 0.729. The number of hydrogen-bond acceptors (Lipinski definition) is 5. The van der Waals surface area contributed by atoms with Crippen molar-refractivity contribution in [3.63, 3.8) is 0 Å². The number of carbonyl (C=O) groups excluding carboxylic acids is 2. The third-order valence-corrected chi connectivity index (χ3v) is 5.00. The fourth-order valence-corrected chi connectivity index (χ4v) is 3.42. The van der Waals surface area contributed by atoms with Crippen LogP contribution in [0.5, 0.6) is 11.5 Å². The van der Waals surface area contributed by atoms with E-state index in [4.69, 9.17) is 25.8 Å². The monoisotopic (exact) mass is 415 g/mol. The number of ether oxygens (including phenoxy) is 3. The number of benzene rings is 2. The molecule has 0 aromatic heterocycles. The van der Waals surface area contributed by atoms with Gasteiger partial charge in [0.25, 0.3) is 5.91 Å². The second-order valence-electron chi connectivity index (χ2n) is 7.20. The van der Waals surface area contributed by atoms with Gasteiger partial charge in [-0.3, -0.25) is 9.59 Å². The average molecular weight is 416 g/mol. The number of esters is 1. The van der Waals surface area contributed by atoms with Crippen LogP contribution in [0, 0.1) is 0 Å². The SMILES string of the molecule is O=C(Cc1cc(Cl)c2c(c1)OCCCO2)O[C@H](C(=O)NC1CC1)c1ccccc1. The van der Waals surface area contributed by atoms with E-state index in [1.807, 2.05) is 18.2 Å². The minimum absolute atomic E-state index is 0.0313. The van der Waals surface area contributed by atoms with Gasteiger partial charge in [0.1, 0.15) is 0 Å². The van der Waals surface area contributed by atoms with Gasteiger partial charge in [0.15, 0.2) is 11.5 Å². The highest BCUT2D eigenvalue weighted by atomic mass is 35.5. The van der Waals surface area contributed by atoms with Crippen LogP contribution < -0.4 is 14.8 Å². The summed E-state index contributed by atoms with van der Waals surface area (Å²) < 4.78 is 16.8. The maximum atomic E-state index is 12.6. The van der Waals surface area contributed by atoms with Crippen molar-refractivity contribution in [3.8, 4) is 11.5 Å². The van der Waals surface area contributed by atoms with Crippen molar-refractivity contribution in [3.05, 3.63) is 58.6 Å². The third kappa shape index (κ3) is 5.01. The second-order valence-corrected chi connectivity index (χ2v) is 7.60. The Morgan fingerprint density at radius 3 is 2.66 bits per heavy atom. The van der Waals surface area contributed by atoms with Gasteiger partial charge in [0.2, 0.25) is 6.10 Å². The summed E-state index contributed by atoms with van der Waals surface area (Å²) in [6.07, 6.45) is 1.65. The molecule has 1 heterocycles. The number of amides is 1. The number of carbonyl (C=O) groups is 2. The van der Waals surface area contributed by atoms with Crippen LogP contribution in [0.4, 0.5) is 0 Å². The van der Waals surface area contributed by atoms with E-state index < -0.39 is 12.1 Å². The number of rotatable bonds is 6. The molecule has 0 saturated heterocycles. The molecule has 1 amide bonds. The van der Waals surface area contributed by atoms with E-state index in [1.54, 1.807) is 24.3 Å². The van der Waals surface area contributed by atoms with E-state index in [0.717, 1.165) is 19.3 Å². The van der Waals surface area contributed by atoms with Crippen LogP contribution in [0.3, 0.4) is 0 Å². The first-order chi connectivity index (χ1) is 14.1. The van der Waals surface area contributed by atoms with Crippen LogP contribution in [-0.4, -0.2) is 31.1 Å². The summed E-state index contributed by atoms with van der Waals surface area (Å²) in [5.74, 6) is 0.190. The standard InChI is InChI=1S/C22H22ClNO5/c23-17-11-14(12-18-21(17)28-10-4-9-27-18)13-19(25)29-20(15-5-2-1-3-6-15)22(26)24-16-7-8-16/h1-3,5-6,11-12,16,20H,4,7-10,13H2,(H,24,26)/t20-/m0/s1. The van der Waals surface area contributed by atoms with Gasteiger partial charge >= 0.3 is 5.97 Å². The fraction of sp³-hybridized carbons (Fsp3) is 0.364. The lowest BCUT2D eigenvalue weighted by atomic mass is 10.1. The summed E-state index contributed by atoms with van der Waals surface area (Å²) in [6, 6.07) is 12.6. The molecule has 7 heteroatoms. The summed E-state index contributed by atoms with van der Waals surface area (Å²) >= 11 is 6.30. The molecule has 0 radical (unpaired) electrons. The molecular weight excluding hydrogens is 394 g/mol. The van der Waals surface area contributed by atoms with Crippen LogP contribution in [-0.2, 0) is 20.7 Å². The highest BCUT2D eigenvalue weighted by molar-refractivity contribution is 6.32. The predicted octanol–water partition coefficient (Wildman–Crippen LogP) is 3.61. The Morgan fingerprint density at radius 2 is 1.90 bits per heavy atom. The van der Waals surface area contributed by atoms with Crippen LogP contribution in [0.25, 0.3) is 0 Å². The molecule has 6 nitrogen and oxygen atoms in total. The van der Waals surface area contributed by atoms with Gasteiger partial charge in [-0.15, -0.1) is 0 Å². The summed E-state index contributed by atoms with van der Waals surface area (Å²) in [6.45, 7) is 1.05. The molecular formula is C22H22ClNO5. The van der Waals surface area contributed by atoms with Crippen molar-refractivity contribution in [2.45, 2.75) is 37.8 Å². The maximum Gasteiger partial charge on any atom is 0.311 e. The second kappa shape index (κ2) is 8.74. The van der Waals surface area contributed by atoms with E-state index in [2.05, 4.69) is 5.32 Å². The molecule has 2 aliphatic rings.